The van der Waals surface area contributed by atoms with Crippen LogP contribution >= 0.6 is 0 Å². The van der Waals surface area contributed by atoms with Crippen LogP contribution < -0.4 is 15.5 Å². The quantitative estimate of drug-likeness (QED) is 0.467. The zero-order chi connectivity index (χ0) is 30.6. The Morgan fingerprint density at radius 2 is 1.93 bits per heavy atom. The van der Waals surface area contributed by atoms with Crippen LogP contribution in [-0.2, 0) is 9.53 Å². The number of amides is 1. The van der Waals surface area contributed by atoms with Gasteiger partial charge >= 0.3 is 0 Å². The third-order valence-electron chi connectivity index (χ3n) is 9.85. The number of carbonyl (C=O) groups is 1. The average molecular weight is 599 g/mol. The first-order valence-electron chi connectivity index (χ1n) is 16.0. The average Bonchev–Trinajstić information content (AvgIpc) is 3.19. The Morgan fingerprint density at radius 1 is 1.09 bits per heavy atom. The van der Waals surface area contributed by atoms with Gasteiger partial charge in [0.15, 0.2) is 6.35 Å². The molecule has 234 valence electrons. The van der Waals surface area contributed by atoms with Crippen LogP contribution in [-0.4, -0.2) is 110 Å². The zero-order valence-electron chi connectivity index (χ0n) is 26.1. The molecule has 10 nitrogen and oxygen atoms in total. The second kappa shape index (κ2) is 13.6. The van der Waals surface area contributed by atoms with Crippen LogP contribution in [0.1, 0.15) is 32.1 Å². The molecule has 6 rings (SSSR count). The largest absolute Gasteiger partial charge is 0.365 e. The third kappa shape index (κ3) is 6.28. The maximum absolute atomic E-state index is 12.6. The van der Waals surface area contributed by atoms with Gasteiger partial charge in [0.05, 0.1) is 37.4 Å². The summed E-state index contributed by atoms with van der Waals surface area (Å²) < 4.78 is 6.74. The molecule has 2 aromatic carbocycles. The van der Waals surface area contributed by atoms with Gasteiger partial charge in [-0.05, 0) is 44.0 Å². The molecule has 0 aromatic heterocycles. The highest BCUT2D eigenvalue weighted by molar-refractivity contribution is 5.94. The van der Waals surface area contributed by atoms with Gasteiger partial charge in [0.25, 0.3) is 0 Å². The van der Waals surface area contributed by atoms with Gasteiger partial charge < -0.3 is 29.7 Å². The van der Waals surface area contributed by atoms with E-state index >= 15 is 0 Å². The number of nitrogens with one attached hydrogen (secondary N) is 2. The van der Waals surface area contributed by atoms with E-state index in [2.05, 4.69) is 99.4 Å². The number of hydrogen-bond acceptors (Lipinski definition) is 9. The fraction of sp³-hybridized carbons (Fsp3) is 0.529. The lowest BCUT2D eigenvalue weighted by Gasteiger charge is -2.44. The molecule has 0 aliphatic carbocycles. The summed E-state index contributed by atoms with van der Waals surface area (Å²) in [6.07, 6.45) is 5.58. The van der Waals surface area contributed by atoms with E-state index < -0.39 is 0 Å². The van der Waals surface area contributed by atoms with Crippen molar-refractivity contribution in [1.82, 2.24) is 30.2 Å². The van der Waals surface area contributed by atoms with E-state index in [9.17, 15) is 10.1 Å². The van der Waals surface area contributed by atoms with E-state index in [4.69, 9.17) is 4.74 Å². The van der Waals surface area contributed by atoms with Gasteiger partial charge in [0, 0.05) is 62.5 Å². The topological polar surface area (TPSA) is 90.3 Å². The minimum absolute atomic E-state index is 0.116. The number of piperidine rings is 1. The molecule has 2 fully saturated rings. The Hall–Kier alpha value is -3.62. The van der Waals surface area contributed by atoms with E-state index in [1.54, 1.807) is 4.90 Å². The second-order valence-electron chi connectivity index (χ2n) is 12.5. The van der Waals surface area contributed by atoms with E-state index in [0.717, 1.165) is 32.5 Å². The van der Waals surface area contributed by atoms with E-state index in [-0.39, 0.29) is 31.0 Å². The Labute approximate surface area is 261 Å². The first-order valence-corrected chi connectivity index (χ1v) is 16.0. The Morgan fingerprint density at radius 3 is 2.75 bits per heavy atom. The number of nitrogens with zero attached hydrogens (tertiary/aromatic N) is 6. The summed E-state index contributed by atoms with van der Waals surface area (Å²) >= 11 is 0. The standard InChI is InChI=1S/C34H46N8O2/c1-4-32(43)42-21-20-41(22-26(42)15-17-35)33-36-29-16-19-40(30-14-9-11-25-10-5-6-13-28(25)30)23-31(29)39(3)34(37-33)44-24-27-12-7-8-18-38(27)2/h4-6,9-11,13-14,26-27,33-34,36-37H,1,7-8,12,15-16,18-24H2,2-3H3. The lowest BCUT2D eigenvalue weighted by atomic mass is 10.0. The first-order chi connectivity index (χ1) is 21.5. The minimum Gasteiger partial charge on any atom is -0.365 e. The summed E-state index contributed by atoms with van der Waals surface area (Å²) in [5, 5.41) is 19.7. The number of piperazine rings is 1. The van der Waals surface area contributed by atoms with Crippen molar-refractivity contribution in [2.24, 2.45) is 0 Å². The molecule has 1 amide bonds. The second-order valence-corrected chi connectivity index (χ2v) is 12.5. The predicted octanol–water partition coefficient (Wildman–Crippen LogP) is 3.07. The monoisotopic (exact) mass is 598 g/mol. The third-order valence-corrected chi connectivity index (χ3v) is 9.85. The number of rotatable bonds is 7. The van der Waals surface area contributed by atoms with Crippen molar-refractivity contribution in [3.05, 3.63) is 66.5 Å². The van der Waals surface area contributed by atoms with Crippen LogP contribution in [0, 0.1) is 11.3 Å². The molecule has 4 atom stereocenters. The van der Waals surface area contributed by atoms with Crippen LogP contribution in [0.5, 0.6) is 0 Å². The normalized spacial score (nSPS) is 27.0. The molecule has 2 aromatic rings. The lowest BCUT2D eigenvalue weighted by molar-refractivity contribution is -0.133. The Kier molecular flexibility index (Phi) is 9.38. The molecule has 10 heteroatoms. The summed E-state index contributed by atoms with van der Waals surface area (Å²) in [4.78, 5) is 23.8. The van der Waals surface area contributed by atoms with Crippen molar-refractivity contribution in [3.8, 4) is 6.07 Å². The molecule has 44 heavy (non-hydrogen) atoms. The Balaban J connectivity index is 1.27. The summed E-state index contributed by atoms with van der Waals surface area (Å²) in [6.45, 7) is 8.92. The highest BCUT2D eigenvalue weighted by Gasteiger charge is 2.38. The van der Waals surface area contributed by atoms with Gasteiger partial charge in [-0.3, -0.25) is 9.69 Å². The van der Waals surface area contributed by atoms with Crippen molar-refractivity contribution in [1.29, 1.82) is 5.26 Å². The number of likely N-dealkylation sites (N-methyl/N-ethyl adjacent to an activating group) is 2. The summed E-state index contributed by atoms with van der Waals surface area (Å²) in [5.41, 5.74) is 3.68. The molecule has 4 aliphatic heterocycles. The van der Waals surface area contributed by atoms with Crippen LogP contribution in [0.2, 0.25) is 0 Å². The number of anilines is 1. The zero-order valence-corrected chi connectivity index (χ0v) is 26.1. The van der Waals surface area contributed by atoms with Gasteiger partial charge in [-0.15, -0.1) is 0 Å². The molecule has 4 heterocycles. The number of hydrogen-bond donors (Lipinski definition) is 2. The number of carbonyl (C=O) groups excluding carboxylic acids is 1. The number of likely N-dealkylation sites (tertiary alicyclic amines) is 1. The lowest BCUT2D eigenvalue weighted by Crippen LogP contribution is -2.65. The van der Waals surface area contributed by atoms with E-state index in [1.165, 1.54) is 46.8 Å². The van der Waals surface area contributed by atoms with Crippen LogP contribution in [0.25, 0.3) is 10.8 Å². The van der Waals surface area contributed by atoms with Gasteiger partial charge in [-0.1, -0.05) is 49.4 Å². The molecule has 2 N–H and O–H groups in total. The fourth-order valence-corrected chi connectivity index (χ4v) is 7.23. The first kappa shape index (κ1) is 30.4. The summed E-state index contributed by atoms with van der Waals surface area (Å²) in [5.74, 6) is -0.116. The number of nitriles is 1. The molecule has 0 saturated carbocycles. The van der Waals surface area contributed by atoms with Gasteiger partial charge in [-0.25, -0.2) is 5.32 Å². The van der Waals surface area contributed by atoms with E-state index in [0.29, 0.717) is 32.3 Å². The minimum atomic E-state index is -0.343. The van der Waals surface area contributed by atoms with Crippen molar-refractivity contribution in [2.45, 2.75) is 56.8 Å². The molecular formula is C34H46N8O2. The van der Waals surface area contributed by atoms with Gasteiger partial charge in [0.2, 0.25) is 5.91 Å². The molecule has 0 spiro atoms. The van der Waals surface area contributed by atoms with Crippen LogP contribution in [0.4, 0.5) is 5.69 Å². The smallest absolute Gasteiger partial charge is 0.246 e. The van der Waals surface area contributed by atoms with Gasteiger partial charge in [0.1, 0.15) is 6.29 Å². The molecule has 0 radical (unpaired) electrons. The Bertz CT molecular complexity index is 1420. The van der Waals surface area contributed by atoms with Crippen LogP contribution in [0.3, 0.4) is 0 Å². The SMILES string of the molecule is C=CC(=O)N1CCN(C2NC3=C(CN(c4cccc5ccccc45)CC3)N(C)C(OCC3CCCCN3C)N2)CC1CC#N. The maximum Gasteiger partial charge on any atom is 0.246 e. The highest BCUT2D eigenvalue weighted by atomic mass is 16.5. The number of fused-ring (bicyclic) bond motifs is 1. The summed E-state index contributed by atoms with van der Waals surface area (Å²) in [6, 6.07) is 17.6. The fourth-order valence-electron chi connectivity index (χ4n) is 7.23. The molecular weight excluding hydrogens is 552 g/mol. The van der Waals surface area contributed by atoms with Crippen molar-refractivity contribution < 1.29 is 9.53 Å². The number of ether oxygens (including phenoxy) is 1. The highest BCUT2D eigenvalue weighted by Crippen LogP contribution is 2.32. The maximum atomic E-state index is 12.6. The number of benzene rings is 2. The van der Waals surface area contributed by atoms with Gasteiger partial charge in [-0.2, -0.15) is 5.26 Å². The molecule has 4 unspecified atom stereocenters. The molecule has 2 saturated heterocycles. The predicted molar refractivity (Wildman–Crippen MR) is 173 cm³/mol. The summed E-state index contributed by atoms with van der Waals surface area (Å²) in [7, 11) is 4.33. The molecule has 4 aliphatic rings. The van der Waals surface area contributed by atoms with Crippen molar-refractivity contribution >= 4 is 22.4 Å². The van der Waals surface area contributed by atoms with Crippen LogP contribution in [0.15, 0.2) is 66.5 Å². The molecule has 0 bridgehead atoms. The van der Waals surface area contributed by atoms with Crippen molar-refractivity contribution in [2.75, 3.05) is 64.9 Å². The van der Waals surface area contributed by atoms with Crippen molar-refractivity contribution in [3.63, 3.8) is 0 Å². The van der Waals surface area contributed by atoms with E-state index in [1.807, 2.05) is 0 Å².